The van der Waals surface area contributed by atoms with E-state index in [4.69, 9.17) is 0 Å². The van der Waals surface area contributed by atoms with E-state index in [0.717, 1.165) is 31.2 Å². The summed E-state index contributed by atoms with van der Waals surface area (Å²) in [6, 6.07) is 3.31. The van der Waals surface area contributed by atoms with Crippen molar-refractivity contribution in [2.24, 2.45) is 5.92 Å². The Morgan fingerprint density at radius 2 is 2.11 bits per heavy atom. The minimum atomic E-state index is -0.652. The predicted octanol–water partition coefficient (Wildman–Crippen LogP) is 2.88. The van der Waals surface area contributed by atoms with Crippen molar-refractivity contribution in [2.75, 3.05) is 13.1 Å². The van der Waals surface area contributed by atoms with Crippen LogP contribution in [-0.4, -0.2) is 29.8 Å². The molecule has 4 heteroatoms. The van der Waals surface area contributed by atoms with Gasteiger partial charge in [0.05, 0.1) is 12.1 Å². The molecule has 1 aliphatic rings. The number of hydrogen-bond acceptors (Lipinski definition) is 2. The monoisotopic (exact) mass is 253 g/mol. The zero-order valence-corrected chi connectivity index (χ0v) is 10.6. The molecule has 1 aliphatic heterocycles. The normalized spacial score (nSPS) is 24.4. The molecule has 0 aromatic heterocycles. The molecule has 0 saturated carbocycles. The van der Waals surface area contributed by atoms with Gasteiger partial charge in [0.1, 0.15) is 11.6 Å². The number of benzene rings is 1. The Kier molecular flexibility index (Phi) is 3.76. The Balaban J connectivity index is 2.10. The minimum Gasteiger partial charge on any atom is -0.293 e. The van der Waals surface area contributed by atoms with E-state index in [-0.39, 0.29) is 17.9 Å². The smallest absolute Gasteiger partial charge is 0.179 e. The van der Waals surface area contributed by atoms with Crippen LogP contribution in [0.5, 0.6) is 0 Å². The van der Waals surface area contributed by atoms with E-state index in [0.29, 0.717) is 12.0 Å². The average molecular weight is 253 g/mol. The van der Waals surface area contributed by atoms with Gasteiger partial charge in [-0.05, 0) is 37.5 Å². The summed E-state index contributed by atoms with van der Waals surface area (Å²) in [5, 5.41) is 0. The molecule has 1 aromatic carbocycles. The molecule has 18 heavy (non-hydrogen) atoms. The number of nitrogens with zero attached hydrogens (tertiary/aromatic N) is 1. The fraction of sp³-hybridized carbons (Fsp3) is 0.500. The highest BCUT2D eigenvalue weighted by Gasteiger charge is 2.28. The Morgan fingerprint density at radius 1 is 1.39 bits per heavy atom. The number of hydrogen-bond donors (Lipinski definition) is 0. The summed E-state index contributed by atoms with van der Waals surface area (Å²) in [5.41, 5.74) is -0.151. The maximum absolute atomic E-state index is 13.5. The molecule has 2 nitrogen and oxygen atoms in total. The van der Waals surface area contributed by atoms with E-state index in [1.54, 1.807) is 0 Å². The molecule has 0 amide bonds. The van der Waals surface area contributed by atoms with Crippen LogP contribution >= 0.6 is 0 Å². The van der Waals surface area contributed by atoms with E-state index in [1.165, 1.54) is 0 Å². The van der Waals surface area contributed by atoms with Crippen molar-refractivity contribution in [3.63, 3.8) is 0 Å². The van der Waals surface area contributed by atoms with E-state index in [1.807, 2.05) is 4.90 Å². The lowest BCUT2D eigenvalue weighted by atomic mass is 10.1. The second-order valence-electron chi connectivity index (χ2n) is 5.17. The molecule has 0 bridgehead atoms. The maximum Gasteiger partial charge on any atom is 0.179 e. The van der Waals surface area contributed by atoms with Crippen molar-refractivity contribution in [1.82, 2.24) is 4.90 Å². The summed E-state index contributed by atoms with van der Waals surface area (Å²) in [6.07, 6.45) is 1.04. The fourth-order valence-electron chi connectivity index (χ4n) is 2.59. The summed E-state index contributed by atoms with van der Waals surface area (Å²) < 4.78 is 26.5. The van der Waals surface area contributed by atoms with Crippen LogP contribution in [0.4, 0.5) is 8.78 Å². The Bertz CT molecular complexity index is 461. The van der Waals surface area contributed by atoms with Gasteiger partial charge in [-0.2, -0.15) is 0 Å². The van der Waals surface area contributed by atoms with Crippen LogP contribution < -0.4 is 0 Å². The summed E-state index contributed by atoms with van der Waals surface area (Å²) >= 11 is 0. The van der Waals surface area contributed by atoms with Crippen LogP contribution in [0.1, 0.15) is 30.6 Å². The first kappa shape index (κ1) is 13.1. The van der Waals surface area contributed by atoms with Crippen molar-refractivity contribution < 1.29 is 13.6 Å². The molecule has 1 heterocycles. The summed E-state index contributed by atoms with van der Waals surface area (Å²) in [4.78, 5) is 14.0. The molecular formula is C14H17F2NO. The van der Waals surface area contributed by atoms with E-state index >= 15 is 0 Å². The lowest BCUT2D eigenvalue weighted by molar-refractivity contribution is 0.0920. The Morgan fingerprint density at radius 3 is 2.72 bits per heavy atom. The zero-order valence-electron chi connectivity index (χ0n) is 10.6. The third kappa shape index (κ3) is 2.75. The number of Topliss-reactive ketones (excluding diaryl/α,β-unsaturated/α-hetero) is 1. The largest absolute Gasteiger partial charge is 0.293 e. The summed E-state index contributed by atoms with van der Waals surface area (Å²) in [6.45, 7) is 5.18. The topological polar surface area (TPSA) is 20.3 Å². The van der Waals surface area contributed by atoms with Gasteiger partial charge in [0.25, 0.3) is 0 Å². The maximum atomic E-state index is 13.5. The van der Waals surface area contributed by atoms with Gasteiger partial charge in [0.2, 0.25) is 0 Å². The molecule has 0 spiro atoms. The number of halogens is 2. The molecule has 1 saturated heterocycles. The molecule has 1 fully saturated rings. The third-order valence-corrected chi connectivity index (χ3v) is 3.49. The molecule has 1 aromatic rings. The predicted molar refractivity (Wildman–Crippen MR) is 65.5 cm³/mol. The third-order valence-electron chi connectivity index (χ3n) is 3.49. The molecule has 0 N–H and O–H groups in total. The molecule has 98 valence electrons. The van der Waals surface area contributed by atoms with Crippen LogP contribution in [-0.2, 0) is 0 Å². The average Bonchev–Trinajstić information content (AvgIpc) is 2.61. The van der Waals surface area contributed by atoms with Gasteiger partial charge < -0.3 is 0 Å². The number of likely N-dealkylation sites (tertiary alicyclic amines) is 1. The van der Waals surface area contributed by atoms with Crippen molar-refractivity contribution in [3.8, 4) is 0 Å². The molecule has 2 rings (SSSR count). The van der Waals surface area contributed by atoms with Gasteiger partial charge in [0.15, 0.2) is 5.78 Å². The number of rotatable bonds is 3. The van der Waals surface area contributed by atoms with E-state index in [9.17, 15) is 13.6 Å². The molecule has 2 unspecified atom stereocenters. The second kappa shape index (κ2) is 5.14. The summed E-state index contributed by atoms with van der Waals surface area (Å²) in [5.74, 6) is -1.04. The van der Waals surface area contributed by atoms with Crippen LogP contribution in [0.2, 0.25) is 0 Å². The van der Waals surface area contributed by atoms with Crippen molar-refractivity contribution >= 4 is 5.78 Å². The van der Waals surface area contributed by atoms with Crippen LogP contribution in [0.15, 0.2) is 18.2 Å². The highest BCUT2D eigenvalue weighted by atomic mass is 19.1. The van der Waals surface area contributed by atoms with E-state index in [2.05, 4.69) is 13.8 Å². The first-order valence-corrected chi connectivity index (χ1v) is 6.19. The highest BCUT2D eigenvalue weighted by Crippen LogP contribution is 2.22. The van der Waals surface area contributed by atoms with Crippen molar-refractivity contribution in [1.29, 1.82) is 0 Å². The first-order chi connectivity index (χ1) is 8.47. The van der Waals surface area contributed by atoms with Crippen molar-refractivity contribution in [2.45, 2.75) is 26.3 Å². The molecular weight excluding hydrogens is 236 g/mol. The molecule has 0 aliphatic carbocycles. The summed E-state index contributed by atoms with van der Waals surface area (Å²) in [7, 11) is 0. The van der Waals surface area contributed by atoms with Crippen LogP contribution in [0.25, 0.3) is 0 Å². The van der Waals surface area contributed by atoms with Gasteiger partial charge in [0, 0.05) is 12.6 Å². The number of carbonyl (C=O) groups is 1. The van der Waals surface area contributed by atoms with Gasteiger partial charge >= 0.3 is 0 Å². The zero-order chi connectivity index (χ0) is 13.3. The van der Waals surface area contributed by atoms with Crippen LogP contribution in [0.3, 0.4) is 0 Å². The highest BCUT2D eigenvalue weighted by molar-refractivity contribution is 5.97. The minimum absolute atomic E-state index is 0.151. The second-order valence-corrected chi connectivity index (χ2v) is 5.17. The van der Waals surface area contributed by atoms with Gasteiger partial charge in [-0.3, -0.25) is 9.69 Å². The van der Waals surface area contributed by atoms with Crippen LogP contribution in [0, 0.1) is 17.6 Å². The lowest BCUT2D eigenvalue weighted by Crippen LogP contribution is -2.33. The fourth-order valence-corrected chi connectivity index (χ4v) is 2.59. The SMILES string of the molecule is CC1CC(C)N(CC(=O)c2cc(F)ccc2F)C1. The van der Waals surface area contributed by atoms with Gasteiger partial charge in [-0.1, -0.05) is 6.92 Å². The van der Waals surface area contributed by atoms with Gasteiger partial charge in [-0.15, -0.1) is 0 Å². The molecule has 0 radical (unpaired) electrons. The van der Waals surface area contributed by atoms with Crippen molar-refractivity contribution in [3.05, 3.63) is 35.4 Å². The number of carbonyl (C=O) groups excluding carboxylic acids is 1. The molecule has 2 atom stereocenters. The first-order valence-electron chi connectivity index (χ1n) is 6.19. The quantitative estimate of drug-likeness (QED) is 0.772. The Hall–Kier alpha value is -1.29. The lowest BCUT2D eigenvalue weighted by Gasteiger charge is -2.20. The Labute approximate surface area is 106 Å². The standard InChI is InChI=1S/C14H17F2NO/c1-9-5-10(2)17(7-9)8-14(18)12-6-11(15)3-4-13(12)16/h3-4,6,9-10H,5,7-8H2,1-2H3. The van der Waals surface area contributed by atoms with Gasteiger partial charge in [-0.25, -0.2) is 8.78 Å². The van der Waals surface area contributed by atoms with E-state index < -0.39 is 11.6 Å². The number of ketones is 1.